The number of H-pyrrole nitrogens is 1. The van der Waals surface area contributed by atoms with E-state index in [0.29, 0.717) is 19.4 Å². The highest BCUT2D eigenvalue weighted by Gasteiger charge is 2.25. The maximum absolute atomic E-state index is 13.2. The molecule has 4 N–H and O–H groups in total. The monoisotopic (exact) mass is 496 g/mol. The third-order valence-corrected chi connectivity index (χ3v) is 6.27. The topological polar surface area (TPSA) is 103 Å². The van der Waals surface area contributed by atoms with E-state index in [0.717, 1.165) is 27.6 Å². The fourth-order valence-corrected chi connectivity index (χ4v) is 4.26. The number of carbonyl (C=O) groups excluding carboxylic acids is 3. The van der Waals surface area contributed by atoms with Gasteiger partial charge in [-0.05, 0) is 36.1 Å². The lowest BCUT2D eigenvalue weighted by Crippen LogP contribution is -2.54. The van der Waals surface area contributed by atoms with Crippen molar-refractivity contribution in [2.45, 2.75) is 38.3 Å². The van der Waals surface area contributed by atoms with Gasteiger partial charge >= 0.3 is 0 Å². The van der Waals surface area contributed by atoms with Crippen LogP contribution in [0.5, 0.6) is 0 Å². The molecule has 4 rings (SSSR count). The van der Waals surface area contributed by atoms with Gasteiger partial charge in [0.15, 0.2) is 0 Å². The van der Waals surface area contributed by atoms with E-state index >= 15 is 0 Å². The Morgan fingerprint density at radius 2 is 1.43 bits per heavy atom. The van der Waals surface area contributed by atoms with Crippen LogP contribution < -0.4 is 16.0 Å². The number of nitrogens with one attached hydrogen (secondary N) is 4. The molecule has 0 aliphatic rings. The van der Waals surface area contributed by atoms with E-state index in [9.17, 15) is 14.4 Å². The van der Waals surface area contributed by atoms with Gasteiger partial charge in [0.25, 0.3) is 0 Å². The van der Waals surface area contributed by atoms with E-state index in [1.165, 1.54) is 0 Å². The van der Waals surface area contributed by atoms with Gasteiger partial charge < -0.3 is 20.9 Å². The predicted octanol–water partition coefficient (Wildman–Crippen LogP) is 3.30. The van der Waals surface area contributed by atoms with Crippen LogP contribution in [0.1, 0.15) is 23.6 Å². The van der Waals surface area contributed by atoms with E-state index in [-0.39, 0.29) is 18.2 Å². The number of amides is 3. The molecule has 37 heavy (non-hydrogen) atoms. The minimum Gasteiger partial charge on any atom is -0.361 e. The quantitative estimate of drug-likeness (QED) is 0.256. The molecule has 0 saturated heterocycles. The summed E-state index contributed by atoms with van der Waals surface area (Å²) in [6.45, 7) is 2.07. The molecule has 3 aromatic carbocycles. The van der Waals surface area contributed by atoms with Crippen molar-refractivity contribution >= 4 is 28.6 Å². The number of rotatable bonds is 11. The lowest BCUT2D eigenvalue weighted by atomic mass is 10.0. The van der Waals surface area contributed by atoms with Gasteiger partial charge in [-0.2, -0.15) is 0 Å². The van der Waals surface area contributed by atoms with E-state index in [4.69, 9.17) is 0 Å². The first-order chi connectivity index (χ1) is 18.0. The number of hydrogen-bond acceptors (Lipinski definition) is 3. The van der Waals surface area contributed by atoms with Gasteiger partial charge in [-0.3, -0.25) is 14.4 Å². The largest absolute Gasteiger partial charge is 0.361 e. The molecule has 7 heteroatoms. The second-order valence-electron chi connectivity index (χ2n) is 9.10. The van der Waals surface area contributed by atoms with E-state index in [1.54, 1.807) is 6.92 Å². The lowest BCUT2D eigenvalue weighted by Gasteiger charge is -2.21. The summed E-state index contributed by atoms with van der Waals surface area (Å²) in [5.41, 5.74) is 3.88. The second kappa shape index (κ2) is 12.5. The van der Waals surface area contributed by atoms with Crippen molar-refractivity contribution in [2.75, 3.05) is 6.54 Å². The molecule has 2 atom stereocenters. The summed E-state index contributed by atoms with van der Waals surface area (Å²) in [5.74, 6) is -0.934. The van der Waals surface area contributed by atoms with Crippen LogP contribution >= 0.6 is 0 Å². The number of aromatic amines is 1. The number of aromatic nitrogens is 1. The molecule has 7 nitrogen and oxygen atoms in total. The standard InChI is InChI=1S/C30H32N4O3/c1-21(33-28(35)18-23-12-6-3-7-13-23)29(36)34-27(19-24-20-32-26-15-9-8-14-25(24)26)30(37)31-17-16-22-10-4-2-5-11-22/h2-15,20-21,27,32H,16-19H2,1H3,(H,31,37)(H,33,35)(H,34,36)/t21-,27-/m0/s1. The second-order valence-corrected chi connectivity index (χ2v) is 9.10. The molecule has 0 saturated carbocycles. The molecule has 1 heterocycles. The van der Waals surface area contributed by atoms with Gasteiger partial charge in [0.2, 0.25) is 17.7 Å². The summed E-state index contributed by atoms with van der Waals surface area (Å²) in [7, 11) is 0. The molecule has 0 radical (unpaired) electrons. The zero-order chi connectivity index (χ0) is 26.0. The summed E-state index contributed by atoms with van der Waals surface area (Å²) in [4.78, 5) is 41.9. The summed E-state index contributed by atoms with van der Waals surface area (Å²) in [5, 5.41) is 9.56. The van der Waals surface area contributed by atoms with E-state index in [1.807, 2.05) is 91.1 Å². The summed E-state index contributed by atoms with van der Waals surface area (Å²) in [6.07, 6.45) is 3.05. The Balaban J connectivity index is 1.40. The number of benzene rings is 3. The maximum Gasteiger partial charge on any atom is 0.242 e. The first kappa shape index (κ1) is 25.7. The number of carbonyl (C=O) groups is 3. The molecule has 0 spiro atoms. The predicted molar refractivity (Wildman–Crippen MR) is 145 cm³/mol. The Hall–Kier alpha value is -4.39. The smallest absolute Gasteiger partial charge is 0.242 e. The highest BCUT2D eigenvalue weighted by Crippen LogP contribution is 2.19. The van der Waals surface area contributed by atoms with Gasteiger partial charge in [-0.15, -0.1) is 0 Å². The van der Waals surface area contributed by atoms with E-state index in [2.05, 4.69) is 20.9 Å². The van der Waals surface area contributed by atoms with Crippen molar-refractivity contribution in [1.29, 1.82) is 0 Å². The summed E-state index contributed by atoms with van der Waals surface area (Å²) in [6, 6.07) is 25.5. The third kappa shape index (κ3) is 7.30. The fraction of sp³-hybridized carbons (Fsp3) is 0.233. The van der Waals surface area contributed by atoms with Crippen LogP contribution in [0.15, 0.2) is 91.1 Å². The zero-order valence-electron chi connectivity index (χ0n) is 20.9. The zero-order valence-corrected chi connectivity index (χ0v) is 20.9. The van der Waals surface area contributed by atoms with Crippen LogP contribution in [0.25, 0.3) is 10.9 Å². The average Bonchev–Trinajstić information content (AvgIpc) is 3.32. The highest BCUT2D eigenvalue weighted by molar-refractivity contribution is 5.93. The van der Waals surface area contributed by atoms with Crippen LogP contribution in [-0.4, -0.2) is 41.3 Å². The Kier molecular flexibility index (Phi) is 8.70. The highest BCUT2D eigenvalue weighted by atomic mass is 16.2. The molecule has 0 aliphatic carbocycles. The molecule has 1 aromatic heterocycles. The van der Waals surface area contributed by atoms with Crippen molar-refractivity contribution in [2.24, 2.45) is 0 Å². The third-order valence-electron chi connectivity index (χ3n) is 6.27. The molecule has 0 aliphatic heterocycles. The molecule has 4 aromatic rings. The number of para-hydroxylation sites is 1. The SMILES string of the molecule is C[C@H](NC(=O)Cc1ccccc1)C(=O)N[C@@H](Cc1c[nH]c2ccccc12)C(=O)NCCc1ccccc1. The Labute approximate surface area is 216 Å². The van der Waals surface area contributed by atoms with Gasteiger partial charge in [0.05, 0.1) is 6.42 Å². The van der Waals surface area contributed by atoms with Crippen molar-refractivity contribution in [3.8, 4) is 0 Å². The van der Waals surface area contributed by atoms with Crippen LogP contribution in [-0.2, 0) is 33.6 Å². The van der Waals surface area contributed by atoms with Crippen molar-refractivity contribution < 1.29 is 14.4 Å². The summed E-state index contributed by atoms with van der Waals surface area (Å²) < 4.78 is 0. The lowest BCUT2D eigenvalue weighted by molar-refractivity contribution is -0.131. The molecule has 0 bridgehead atoms. The van der Waals surface area contributed by atoms with Gasteiger partial charge in [0.1, 0.15) is 12.1 Å². The van der Waals surface area contributed by atoms with Gasteiger partial charge in [-0.25, -0.2) is 0 Å². The fourth-order valence-electron chi connectivity index (χ4n) is 4.26. The Bertz CT molecular complexity index is 1330. The Morgan fingerprint density at radius 1 is 0.784 bits per heavy atom. The van der Waals surface area contributed by atoms with Crippen LogP contribution in [0, 0.1) is 0 Å². The van der Waals surface area contributed by atoms with Crippen molar-refractivity contribution in [3.63, 3.8) is 0 Å². The molecular weight excluding hydrogens is 464 g/mol. The maximum atomic E-state index is 13.2. The molecule has 190 valence electrons. The first-order valence-corrected chi connectivity index (χ1v) is 12.5. The van der Waals surface area contributed by atoms with Crippen LogP contribution in [0.4, 0.5) is 0 Å². The molecule has 3 amide bonds. The van der Waals surface area contributed by atoms with Crippen molar-refractivity contribution in [3.05, 3.63) is 108 Å². The number of hydrogen-bond donors (Lipinski definition) is 4. The summed E-state index contributed by atoms with van der Waals surface area (Å²) >= 11 is 0. The normalized spacial score (nSPS) is 12.5. The molecular formula is C30H32N4O3. The Morgan fingerprint density at radius 3 is 2.16 bits per heavy atom. The first-order valence-electron chi connectivity index (χ1n) is 12.5. The average molecular weight is 497 g/mol. The van der Waals surface area contributed by atoms with Crippen LogP contribution in [0.2, 0.25) is 0 Å². The van der Waals surface area contributed by atoms with Crippen molar-refractivity contribution in [1.82, 2.24) is 20.9 Å². The van der Waals surface area contributed by atoms with Gasteiger partial charge in [-0.1, -0.05) is 78.9 Å². The minimum atomic E-state index is -0.795. The minimum absolute atomic E-state index is 0.178. The van der Waals surface area contributed by atoms with Crippen LogP contribution in [0.3, 0.4) is 0 Å². The number of fused-ring (bicyclic) bond motifs is 1. The molecule has 0 fully saturated rings. The van der Waals surface area contributed by atoms with E-state index < -0.39 is 18.0 Å². The molecule has 0 unspecified atom stereocenters. The van der Waals surface area contributed by atoms with Gasteiger partial charge in [0, 0.05) is 30.1 Å².